The largest absolute Gasteiger partial charge is 0.493 e. The Labute approximate surface area is 172 Å². The van der Waals surface area contributed by atoms with Gasteiger partial charge in [-0.05, 0) is 24.3 Å². The van der Waals surface area contributed by atoms with Crippen LogP contribution in [0.25, 0.3) is 5.82 Å². The number of amides is 1. The molecule has 0 unspecified atom stereocenters. The zero-order valence-electron chi connectivity index (χ0n) is 17.0. The normalized spacial score (nSPS) is 11.4. The Balaban J connectivity index is 2.03. The van der Waals surface area contributed by atoms with Crippen molar-refractivity contribution >= 4 is 11.7 Å². The molecule has 7 nitrogen and oxygen atoms in total. The van der Waals surface area contributed by atoms with E-state index in [2.05, 4.69) is 20.1 Å². The number of aromatic nitrogens is 3. The molecule has 1 aromatic carbocycles. The topological polar surface area (TPSA) is 78.3 Å². The number of alkyl halides is 2. The van der Waals surface area contributed by atoms with Gasteiger partial charge in [-0.25, -0.2) is 4.98 Å². The molecule has 30 heavy (non-hydrogen) atoms. The summed E-state index contributed by atoms with van der Waals surface area (Å²) >= 11 is 0. The van der Waals surface area contributed by atoms with Crippen molar-refractivity contribution in [1.29, 1.82) is 0 Å². The lowest BCUT2D eigenvalue weighted by Gasteiger charge is -2.14. The number of nitrogens with one attached hydrogen (secondary N) is 1. The quantitative estimate of drug-likeness (QED) is 0.643. The van der Waals surface area contributed by atoms with Gasteiger partial charge < -0.3 is 14.8 Å². The third-order valence-electron chi connectivity index (χ3n) is 4.24. The van der Waals surface area contributed by atoms with Gasteiger partial charge in [0.1, 0.15) is 5.82 Å². The summed E-state index contributed by atoms with van der Waals surface area (Å²) in [5.41, 5.74) is 0.332. The first-order valence-corrected chi connectivity index (χ1v) is 9.16. The van der Waals surface area contributed by atoms with Crippen molar-refractivity contribution in [2.75, 3.05) is 12.4 Å². The summed E-state index contributed by atoms with van der Waals surface area (Å²) in [6.45, 7) is 2.85. The molecular weight excluding hydrogens is 394 g/mol. The second-order valence-electron chi connectivity index (χ2n) is 7.43. The van der Waals surface area contributed by atoms with Crippen LogP contribution in [0.4, 0.5) is 14.6 Å². The lowest BCUT2D eigenvalue weighted by Crippen LogP contribution is -2.18. The lowest BCUT2D eigenvalue weighted by molar-refractivity contribution is -0.0515. The van der Waals surface area contributed by atoms with E-state index >= 15 is 0 Å². The van der Waals surface area contributed by atoms with E-state index in [0.717, 1.165) is 5.69 Å². The first kappa shape index (κ1) is 21.2. The van der Waals surface area contributed by atoms with Crippen molar-refractivity contribution in [3.8, 4) is 17.3 Å². The molecule has 0 saturated heterocycles. The van der Waals surface area contributed by atoms with E-state index in [0.29, 0.717) is 11.6 Å². The first-order valence-electron chi connectivity index (χ1n) is 9.16. The number of ether oxygens (including phenoxy) is 2. The number of halogens is 2. The van der Waals surface area contributed by atoms with Crippen LogP contribution in [0.15, 0.2) is 48.7 Å². The number of hydrogen-bond acceptors (Lipinski definition) is 5. The van der Waals surface area contributed by atoms with Crippen molar-refractivity contribution in [1.82, 2.24) is 14.8 Å². The highest BCUT2D eigenvalue weighted by atomic mass is 19.3. The van der Waals surface area contributed by atoms with Crippen LogP contribution in [-0.4, -0.2) is 34.4 Å². The summed E-state index contributed by atoms with van der Waals surface area (Å²) in [4.78, 5) is 17.2. The van der Waals surface area contributed by atoms with Gasteiger partial charge in [0, 0.05) is 17.7 Å². The fourth-order valence-corrected chi connectivity index (χ4v) is 2.74. The van der Waals surface area contributed by atoms with Crippen LogP contribution in [0, 0.1) is 0 Å². The highest BCUT2D eigenvalue weighted by Gasteiger charge is 2.24. The SMILES string of the molecule is COc1cccc(C(=O)Nc2cc(C(C)(C)C)nn2-c2ccccn2)c1OC(F)F. The van der Waals surface area contributed by atoms with E-state index in [-0.39, 0.29) is 22.5 Å². The number of anilines is 1. The number of nitrogens with zero attached hydrogens (tertiary/aromatic N) is 3. The molecule has 0 radical (unpaired) electrons. The maximum absolute atomic E-state index is 13.0. The molecule has 0 aliphatic heterocycles. The summed E-state index contributed by atoms with van der Waals surface area (Å²) in [6.07, 6.45) is 1.61. The van der Waals surface area contributed by atoms with Crippen LogP contribution in [0.2, 0.25) is 0 Å². The summed E-state index contributed by atoms with van der Waals surface area (Å²) in [5, 5.41) is 7.29. The summed E-state index contributed by atoms with van der Waals surface area (Å²) < 4.78 is 36.9. The molecule has 0 bridgehead atoms. The van der Waals surface area contributed by atoms with Gasteiger partial charge in [0.05, 0.1) is 18.4 Å². The van der Waals surface area contributed by atoms with E-state index in [4.69, 9.17) is 4.74 Å². The van der Waals surface area contributed by atoms with Crippen LogP contribution in [-0.2, 0) is 5.41 Å². The fraction of sp³-hybridized carbons (Fsp3) is 0.286. The summed E-state index contributed by atoms with van der Waals surface area (Å²) in [6, 6.07) is 11.4. The molecule has 3 rings (SSSR count). The second kappa shape index (κ2) is 8.48. The minimum atomic E-state index is -3.11. The van der Waals surface area contributed by atoms with Crippen molar-refractivity contribution in [2.24, 2.45) is 0 Å². The van der Waals surface area contributed by atoms with Crippen molar-refractivity contribution in [3.05, 3.63) is 59.9 Å². The molecule has 9 heteroatoms. The zero-order valence-corrected chi connectivity index (χ0v) is 17.0. The average Bonchev–Trinajstić information content (AvgIpc) is 3.12. The molecule has 2 heterocycles. The maximum atomic E-state index is 13.0. The van der Waals surface area contributed by atoms with Crippen LogP contribution in [0.3, 0.4) is 0 Å². The minimum absolute atomic E-state index is 0.0246. The molecule has 0 atom stereocenters. The minimum Gasteiger partial charge on any atom is -0.493 e. The summed E-state index contributed by atoms with van der Waals surface area (Å²) in [7, 11) is 1.31. The van der Waals surface area contributed by atoms with Gasteiger partial charge in [-0.1, -0.05) is 32.9 Å². The number of pyridine rings is 1. The van der Waals surface area contributed by atoms with Crippen molar-refractivity contribution in [3.63, 3.8) is 0 Å². The highest BCUT2D eigenvalue weighted by Crippen LogP contribution is 2.33. The Morgan fingerprint density at radius 1 is 1.17 bits per heavy atom. The molecule has 0 fully saturated rings. The zero-order chi connectivity index (χ0) is 21.9. The van der Waals surface area contributed by atoms with Gasteiger partial charge in [-0.15, -0.1) is 0 Å². The first-order chi connectivity index (χ1) is 14.2. The number of carbonyl (C=O) groups is 1. The fourth-order valence-electron chi connectivity index (χ4n) is 2.74. The molecule has 0 spiro atoms. The molecule has 2 aromatic heterocycles. The number of hydrogen-bond donors (Lipinski definition) is 1. The number of methoxy groups -OCH3 is 1. The predicted octanol–water partition coefficient (Wildman–Crippen LogP) is 4.43. The molecule has 1 N–H and O–H groups in total. The molecule has 0 saturated carbocycles. The number of rotatable bonds is 6. The van der Waals surface area contributed by atoms with Crippen molar-refractivity contribution < 1.29 is 23.0 Å². The van der Waals surface area contributed by atoms with E-state index in [1.54, 1.807) is 30.5 Å². The Hall–Kier alpha value is -3.49. The third-order valence-corrected chi connectivity index (χ3v) is 4.24. The van der Waals surface area contributed by atoms with E-state index in [1.807, 2.05) is 20.8 Å². The van der Waals surface area contributed by atoms with Gasteiger partial charge in [-0.3, -0.25) is 4.79 Å². The van der Waals surface area contributed by atoms with Crippen molar-refractivity contribution in [2.45, 2.75) is 32.8 Å². The van der Waals surface area contributed by atoms with Gasteiger partial charge in [0.25, 0.3) is 5.91 Å². The molecule has 0 aliphatic rings. The number of benzene rings is 1. The van der Waals surface area contributed by atoms with Gasteiger partial charge in [-0.2, -0.15) is 18.6 Å². The predicted molar refractivity (Wildman–Crippen MR) is 108 cm³/mol. The monoisotopic (exact) mass is 416 g/mol. The third kappa shape index (κ3) is 4.56. The van der Waals surface area contributed by atoms with Crippen LogP contribution >= 0.6 is 0 Å². The molecular formula is C21H22F2N4O3. The van der Waals surface area contributed by atoms with Gasteiger partial charge in [0.15, 0.2) is 17.3 Å². The number of carbonyl (C=O) groups excluding carboxylic acids is 1. The second-order valence-corrected chi connectivity index (χ2v) is 7.43. The molecule has 158 valence electrons. The van der Waals surface area contributed by atoms with E-state index in [9.17, 15) is 13.6 Å². The Kier molecular flexibility index (Phi) is 6.00. The molecule has 3 aromatic rings. The Morgan fingerprint density at radius 2 is 1.93 bits per heavy atom. The van der Waals surface area contributed by atoms with E-state index in [1.165, 1.54) is 30.0 Å². The maximum Gasteiger partial charge on any atom is 0.387 e. The highest BCUT2D eigenvalue weighted by molar-refractivity contribution is 6.06. The van der Waals surface area contributed by atoms with Crippen LogP contribution in [0.5, 0.6) is 11.5 Å². The molecule has 0 aliphatic carbocycles. The Bertz CT molecular complexity index is 1030. The number of para-hydroxylation sites is 1. The van der Waals surface area contributed by atoms with Gasteiger partial charge in [0.2, 0.25) is 0 Å². The smallest absolute Gasteiger partial charge is 0.387 e. The van der Waals surface area contributed by atoms with Crippen LogP contribution < -0.4 is 14.8 Å². The lowest BCUT2D eigenvalue weighted by atomic mass is 9.92. The van der Waals surface area contributed by atoms with Gasteiger partial charge >= 0.3 is 6.61 Å². The Morgan fingerprint density at radius 3 is 2.53 bits per heavy atom. The van der Waals surface area contributed by atoms with Crippen LogP contribution in [0.1, 0.15) is 36.8 Å². The van der Waals surface area contributed by atoms with E-state index < -0.39 is 12.5 Å². The summed E-state index contributed by atoms with van der Waals surface area (Å²) in [5.74, 6) is -0.126. The molecule has 1 amide bonds. The average molecular weight is 416 g/mol. The standard InChI is InChI=1S/C21H22F2N4O3/c1-21(2,3)15-12-17(27(26-15)16-10-5-6-11-24-16)25-19(28)13-8-7-9-14(29-4)18(13)30-20(22)23/h5-12,20H,1-4H3,(H,25,28).